The molecule has 1 aliphatic heterocycles. The van der Waals surface area contributed by atoms with Crippen LogP contribution in [-0.4, -0.2) is 66.7 Å². The van der Waals surface area contributed by atoms with Crippen molar-refractivity contribution >= 4 is 17.8 Å². The molecule has 8 nitrogen and oxygen atoms in total. The number of hydrogen-bond acceptors (Lipinski definition) is 5. The number of nitrogens with one attached hydrogen (secondary N) is 1. The highest BCUT2D eigenvalue weighted by atomic mass is 16.5. The van der Waals surface area contributed by atoms with Crippen LogP contribution in [0.5, 0.6) is 5.75 Å². The van der Waals surface area contributed by atoms with Gasteiger partial charge in [0, 0.05) is 12.1 Å². The number of rotatable bonds is 5. The number of carboxylic acids is 1. The van der Waals surface area contributed by atoms with E-state index in [2.05, 4.69) is 5.32 Å². The minimum Gasteiger partial charge on any atom is -0.497 e. The van der Waals surface area contributed by atoms with E-state index >= 15 is 0 Å². The predicted octanol–water partition coefficient (Wildman–Crippen LogP) is 0.126. The molecule has 0 bridgehead atoms. The quantitative estimate of drug-likeness (QED) is 0.792. The Morgan fingerprint density at radius 1 is 1.38 bits per heavy atom. The largest absolute Gasteiger partial charge is 0.497 e. The first-order chi connectivity index (χ1) is 11.4. The van der Waals surface area contributed by atoms with Gasteiger partial charge >= 0.3 is 5.97 Å². The number of aliphatic carboxylic acids is 1. The van der Waals surface area contributed by atoms with Crippen molar-refractivity contribution in [1.29, 1.82) is 0 Å². The molecule has 1 heterocycles. The summed E-state index contributed by atoms with van der Waals surface area (Å²) in [4.78, 5) is 36.7. The van der Waals surface area contributed by atoms with Gasteiger partial charge in [0.05, 0.1) is 26.3 Å². The van der Waals surface area contributed by atoms with Gasteiger partial charge in [-0.2, -0.15) is 0 Å². The molecule has 2 atom stereocenters. The predicted molar refractivity (Wildman–Crippen MR) is 83.9 cm³/mol. The highest BCUT2D eigenvalue weighted by Crippen LogP contribution is 2.13. The summed E-state index contributed by atoms with van der Waals surface area (Å²) < 4.78 is 10.3. The molecule has 24 heavy (non-hydrogen) atoms. The zero-order valence-corrected chi connectivity index (χ0v) is 13.5. The van der Waals surface area contributed by atoms with Crippen molar-refractivity contribution in [1.82, 2.24) is 10.2 Å². The SMILES string of the molecule is COc1cccc(C(=O)NCC(=O)N2CC(C(=O)O)O[C@H](C)C2)c1. The van der Waals surface area contributed by atoms with Crippen molar-refractivity contribution in [3.63, 3.8) is 0 Å². The molecule has 1 aromatic rings. The summed E-state index contributed by atoms with van der Waals surface area (Å²) in [6.07, 6.45) is -1.43. The van der Waals surface area contributed by atoms with Crippen LogP contribution >= 0.6 is 0 Å². The number of ether oxygens (including phenoxy) is 2. The van der Waals surface area contributed by atoms with Crippen molar-refractivity contribution in [3.8, 4) is 5.75 Å². The Labute approximate surface area is 139 Å². The third-order valence-electron chi connectivity index (χ3n) is 3.62. The maximum absolute atomic E-state index is 12.2. The summed E-state index contributed by atoms with van der Waals surface area (Å²) >= 11 is 0. The molecule has 2 N–H and O–H groups in total. The molecule has 2 amide bonds. The molecule has 1 aliphatic rings. The number of carboxylic acid groups (broad SMARTS) is 1. The molecule has 1 aromatic carbocycles. The summed E-state index contributed by atoms with van der Waals surface area (Å²) in [5.74, 6) is -1.33. The molecule has 1 unspecified atom stereocenters. The van der Waals surface area contributed by atoms with E-state index in [1.807, 2.05) is 0 Å². The molecule has 1 fully saturated rings. The fourth-order valence-corrected chi connectivity index (χ4v) is 2.43. The van der Waals surface area contributed by atoms with Gasteiger partial charge in [0.15, 0.2) is 6.10 Å². The molecule has 0 aliphatic carbocycles. The minimum absolute atomic E-state index is 0.0342. The van der Waals surface area contributed by atoms with Gasteiger partial charge in [-0.3, -0.25) is 9.59 Å². The van der Waals surface area contributed by atoms with Crippen molar-refractivity contribution < 1.29 is 29.0 Å². The molecule has 1 saturated heterocycles. The van der Waals surface area contributed by atoms with Crippen molar-refractivity contribution in [2.24, 2.45) is 0 Å². The lowest BCUT2D eigenvalue weighted by atomic mass is 10.2. The molecule has 8 heteroatoms. The number of nitrogens with zero attached hydrogens (tertiary/aromatic N) is 1. The highest BCUT2D eigenvalue weighted by Gasteiger charge is 2.32. The van der Waals surface area contributed by atoms with Crippen molar-refractivity contribution in [2.45, 2.75) is 19.1 Å². The van der Waals surface area contributed by atoms with Crippen LogP contribution in [0.1, 0.15) is 17.3 Å². The molecular weight excluding hydrogens is 316 g/mol. The summed E-state index contributed by atoms with van der Waals surface area (Å²) in [5.41, 5.74) is 0.376. The molecule has 0 radical (unpaired) electrons. The van der Waals surface area contributed by atoms with E-state index in [1.165, 1.54) is 12.0 Å². The Balaban J connectivity index is 1.92. The van der Waals surface area contributed by atoms with Crippen molar-refractivity contribution in [3.05, 3.63) is 29.8 Å². The van der Waals surface area contributed by atoms with Crippen LogP contribution in [0.3, 0.4) is 0 Å². The van der Waals surface area contributed by atoms with E-state index in [0.29, 0.717) is 11.3 Å². The van der Waals surface area contributed by atoms with Gasteiger partial charge in [0.1, 0.15) is 5.75 Å². The first-order valence-electron chi connectivity index (χ1n) is 7.49. The lowest BCUT2D eigenvalue weighted by molar-refractivity contribution is -0.166. The summed E-state index contributed by atoms with van der Waals surface area (Å²) in [6.45, 7) is 1.74. The van der Waals surface area contributed by atoms with Crippen LogP contribution in [0.25, 0.3) is 0 Å². The monoisotopic (exact) mass is 336 g/mol. The molecular formula is C16H20N2O6. The van der Waals surface area contributed by atoms with E-state index in [4.69, 9.17) is 14.6 Å². The lowest BCUT2D eigenvalue weighted by Crippen LogP contribution is -2.53. The zero-order chi connectivity index (χ0) is 17.7. The number of methoxy groups -OCH3 is 1. The van der Waals surface area contributed by atoms with E-state index in [9.17, 15) is 14.4 Å². The number of amides is 2. The number of morpholine rings is 1. The van der Waals surface area contributed by atoms with Crippen molar-refractivity contribution in [2.75, 3.05) is 26.7 Å². The van der Waals surface area contributed by atoms with Gasteiger partial charge < -0.3 is 24.8 Å². The Kier molecular flexibility index (Phi) is 5.75. The highest BCUT2D eigenvalue weighted by molar-refractivity contribution is 5.96. The molecule has 0 spiro atoms. The first kappa shape index (κ1) is 17.7. The number of benzene rings is 1. The average Bonchev–Trinajstić information content (AvgIpc) is 2.58. The maximum Gasteiger partial charge on any atom is 0.334 e. The average molecular weight is 336 g/mol. The topological polar surface area (TPSA) is 105 Å². The fraction of sp³-hybridized carbons (Fsp3) is 0.438. The van der Waals surface area contributed by atoms with Gasteiger partial charge in [-0.15, -0.1) is 0 Å². The van der Waals surface area contributed by atoms with E-state index in [1.54, 1.807) is 31.2 Å². The smallest absolute Gasteiger partial charge is 0.334 e. The Hall–Kier alpha value is -2.61. The second kappa shape index (κ2) is 7.78. The van der Waals surface area contributed by atoms with E-state index in [-0.39, 0.29) is 31.6 Å². The summed E-state index contributed by atoms with van der Waals surface area (Å²) in [7, 11) is 1.50. The molecule has 0 saturated carbocycles. The normalized spacial score (nSPS) is 20.3. The standard InChI is InChI=1S/C16H20N2O6/c1-10-8-18(9-13(24-10)16(21)22)14(19)7-17-15(20)11-4-3-5-12(6-11)23-2/h3-6,10,13H,7-9H2,1-2H3,(H,17,20)(H,21,22)/t10-,13?/m1/s1. The third-order valence-corrected chi connectivity index (χ3v) is 3.62. The Morgan fingerprint density at radius 2 is 2.12 bits per heavy atom. The van der Waals surface area contributed by atoms with Gasteiger partial charge in [0.25, 0.3) is 5.91 Å². The summed E-state index contributed by atoms with van der Waals surface area (Å²) in [5, 5.41) is 11.6. The van der Waals surface area contributed by atoms with Crippen LogP contribution in [0.15, 0.2) is 24.3 Å². The summed E-state index contributed by atoms with van der Waals surface area (Å²) in [6, 6.07) is 6.57. The van der Waals surface area contributed by atoms with E-state index < -0.39 is 18.0 Å². The second-order valence-corrected chi connectivity index (χ2v) is 5.49. The Morgan fingerprint density at radius 3 is 2.79 bits per heavy atom. The van der Waals surface area contributed by atoms with Gasteiger partial charge in [-0.1, -0.05) is 6.07 Å². The van der Waals surface area contributed by atoms with Crippen LogP contribution < -0.4 is 10.1 Å². The molecule has 130 valence electrons. The van der Waals surface area contributed by atoms with Crippen LogP contribution in [0.2, 0.25) is 0 Å². The zero-order valence-electron chi connectivity index (χ0n) is 13.5. The minimum atomic E-state index is -1.11. The van der Waals surface area contributed by atoms with Crippen LogP contribution in [0, 0.1) is 0 Å². The first-order valence-corrected chi connectivity index (χ1v) is 7.49. The van der Waals surface area contributed by atoms with Gasteiger partial charge in [0.2, 0.25) is 5.91 Å². The van der Waals surface area contributed by atoms with Crippen LogP contribution in [-0.2, 0) is 14.3 Å². The maximum atomic E-state index is 12.2. The number of carbonyl (C=O) groups is 3. The van der Waals surface area contributed by atoms with Crippen LogP contribution in [0.4, 0.5) is 0 Å². The number of hydrogen-bond donors (Lipinski definition) is 2. The Bertz CT molecular complexity index is 633. The third kappa shape index (κ3) is 4.45. The fourth-order valence-electron chi connectivity index (χ4n) is 2.43. The van der Waals surface area contributed by atoms with Gasteiger partial charge in [-0.05, 0) is 25.1 Å². The molecule has 0 aromatic heterocycles. The molecule has 2 rings (SSSR count). The second-order valence-electron chi connectivity index (χ2n) is 5.49. The van der Waals surface area contributed by atoms with Gasteiger partial charge in [-0.25, -0.2) is 4.79 Å². The number of carbonyl (C=O) groups excluding carboxylic acids is 2. The van der Waals surface area contributed by atoms with E-state index in [0.717, 1.165) is 0 Å². The lowest BCUT2D eigenvalue weighted by Gasteiger charge is -2.34.